The van der Waals surface area contributed by atoms with Crippen molar-refractivity contribution in [3.63, 3.8) is 0 Å². The molecule has 7 heteroatoms. The molecule has 0 aliphatic carbocycles. The van der Waals surface area contributed by atoms with Crippen molar-refractivity contribution >= 4 is 38.6 Å². The van der Waals surface area contributed by atoms with Crippen molar-refractivity contribution in [2.75, 3.05) is 11.9 Å². The van der Waals surface area contributed by atoms with Gasteiger partial charge in [0.05, 0.1) is 16.0 Å². The first kappa shape index (κ1) is 13.8. The minimum Gasteiger partial charge on any atom is -0.356 e. The fraction of sp³-hybridized carbons (Fsp3) is 0.417. The first-order valence-electron chi connectivity index (χ1n) is 6.12. The van der Waals surface area contributed by atoms with E-state index in [1.165, 1.54) is 12.1 Å². The lowest BCUT2D eigenvalue weighted by molar-refractivity contribution is -0.384. The van der Waals surface area contributed by atoms with Crippen LogP contribution in [0.1, 0.15) is 19.8 Å². The van der Waals surface area contributed by atoms with Crippen LogP contribution in [-0.2, 0) is 0 Å². The molecule has 1 heterocycles. The molecule has 0 bridgehead atoms. The van der Waals surface area contributed by atoms with Crippen LogP contribution in [0.15, 0.2) is 18.2 Å². The number of fused-ring (bicyclic) bond motifs is 1. The summed E-state index contributed by atoms with van der Waals surface area (Å²) in [4.78, 5) is 18.1. The van der Waals surface area contributed by atoms with Gasteiger partial charge in [0, 0.05) is 23.5 Å². The number of alkyl halides is 1. The number of nitro groups is 1. The molecule has 1 aromatic carbocycles. The van der Waals surface area contributed by atoms with Gasteiger partial charge in [0.25, 0.3) is 5.69 Å². The van der Waals surface area contributed by atoms with Crippen LogP contribution < -0.4 is 5.32 Å². The molecule has 19 heavy (non-hydrogen) atoms. The number of hydrogen-bond acceptors (Lipinski definition) is 4. The molecule has 2 rings (SSSR count). The summed E-state index contributed by atoms with van der Waals surface area (Å²) < 4.78 is 0. The van der Waals surface area contributed by atoms with E-state index in [2.05, 4.69) is 38.1 Å². The highest BCUT2D eigenvalue weighted by atomic mass is 79.9. The van der Waals surface area contributed by atoms with Crippen molar-refractivity contribution in [2.45, 2.75) is 24.6 Å². The fourth-order valence-electron chi connectivity index (χ4n) is 1.75. The van der Waals surface area contributed by atoms with Crippen LogP contribution in [-0.4, -0.2) is 26.3 Å². The van der Waals surface area contributed by atoms with Crippen LogP contribution in [0.3, 0.4) is 0 Å². The van der Waals surface area contributed by atoms with E-state index in [4.69, 9.17) is 0 Å². The standard InChI is InChI=1S/C12H15BrN4O2/c1-2-8(13)5-6-14-12-15-10-4-3-9(17(18)19)7-11(10)16-12/h3-4,7-8H,2,5-6H2,1H3,(H2,14,15,16). The van der Waals surface area contributed by atoms with Crippen LogP contribution in [0.2, 0.25) is 0 Å². The van der Waals surface area contributed by atoms with E-state index < -0.39 is 4.92 Å². The highest BCUT2D eigenvalue weighted by Crippen LogP contribution is 2.20. The van der Waals surface area contributed by atoms with Crippen molar-refractivity contribution in [1.29, 1.82) is 0 Å². The number of nitrogens with zero attached hydrogens (tertiary/aromatic N) is 2. The summed E-state index contributed by atoms with van der Waals surface area (Å²) in [7, 11) is 0. The summed E-state index contributed by atoms with van der Waals surface area (Å²) in [5.41, 5.74) is 1.45. The first-order valence-corrected chi connectivity index (χ1v) is 7.04. The maximum absolute atomic E-state index is 10.7. The molecule has 0 amide bonds. The molecule has 0 aliphatic rings. The van der Waals surface area contributed by atoms with Crippen LogP contribution >= 0.6 is 15.9 Å². The Morgan fingerprint density at radius 1 is 1.58 bits per heavy atom. The molecule has 0 radical (unpaired) electrons. The number of nitrogens with one attached hydrogen (secondary N) is 2. The minimum atomic E-state index is -0.413. The topological polar surface area (TPSA) is 83.8 Å². The van der Waals surface area contributed by atoms with Crippen LogP contribution in [0.25, 0.3) is 11.0 Å². The Bertz CT molecular complexity index is 584. The summed E-state index contributed by atoms with van der Waals surface area (Å²) >= 11 is 3.56. The van der Waals surface area contributed by atoms with E-state index in [1.54, 1.807) is 6.07 Å². The smallest absolute Gasteiger partial charge is 0.271 e. The second-order valence-corrected chi connectivity index (χ2v) is 5.56. The van der Waals surface area contributed by atoms with Gasteiger partial charge in [-0.25, -0.2) is 4.98 Å². The van der Waals surface area contributed by atoms with Gasteiger partial charge in [-0.1, -0.05) is 22.9 Å². The summed E-state index contributed by atoms with van der Waals surface area (Å²) in [5, 5.41) is 13.9. The lowest BCUT2D eigenvalue weighted by atomic mass is 10.2. The number of anilines is 1. The predicted octanol–water partition coefficient (Wildman–Crippen LogP) is 3.45. The summed E-state index contributed by atoms with van der Waals surface area (Å²) in [5.74, 6) is 0.645. The van der Waals surface area contributed by atoms with Gasteiger partial charge in [-0.3, -0.25) is 10.1 Å². The van der Waals surface area contributed by atoms with Gasteiger partial charge in [0.1, 0.15) is 0 Å². The summed E-state index contributed by atoms with van der Waals surface area (Å²) in [6.07, 6.45) is 2.07. The van der Waals surface area contributed by atoms with Gasteiger partial charge in [-0.2, -0.15) is 0 Å². The molecule has 1 atom stereocenters. The van der Waals surface area contributed by atoms with Crippen molar-refractivity contribution in [3.8, 4) is 0 Å². The van der Waals surface area contributed by atoms with Crippen molar-refractivity contribution < 1.29 is 4.92 Å². The second kappa shape index (κ2) is 6.01. The largest absolute Gasteiger partial charge is 0.356 e. The number of hydrogen-bond donors (Lipinski definition) is 2. The highest BCUT2D eigenvalue weighted by molar-refractivity contribution is 9.09. The van der Waals surface area contributed by atoms with Crippen LogP contribution in [0.5, 0.6) is 0 Å². The van der Waals surface area contributed by atoms with E-state index in [9.17, 15) is 10.1 Å². The van der Waals surface area contributed by atoms with Gasteiger partial charge in [-0.05, 0) is 18.9 Å². The van der Waals surface area contributed by atoms with Crippen molar-refractivity contribution in [3.05, 3.63) is 28.3 Å². The molecule has 0 saturated carbocycles. The Morgan fingerprint density at radius 2 is 2.37 bits per heavy atom. The Hall–Kier alpha value is -1.63. The SMILES string of the molecule is CCC(Br)CCNc1nc2ccc([N+](=O)[O-])cc2[nH]1. The van der Waals surface area contributed by atoms with Gasteiger partial charge < -0.3 is 10.3 Å². The fourth-order valence-corrected chi connectivity index (χ4v) is 1.98. The first-order chi connectivity index (χ1) is 9.10. The molecule has 1 aromatic heterocycles. The van der Waals surface area contributed by atoms with Crippen LogP contribution in [0, 0.1) is 10.1 Å². The number of halogens is 1. The Morgan fingerprint density at radius 3 is 3.05 bits per heavy atom. The van der Waals surface area contributed by atoms with Gasteiger partial charge >= 0.3 is 0 Å². The molecule has 2 N–H and O–H groups in total. The summed E-state index contributed by atoms with van der Waals surface area (Å²) in [6, 6.07) is 4.60. The minimum absolute atomic E-state index is 0.0641. The maximum atomic E-state index is 10.7. The number of non-ortho nitro benzene ring substituents is 1. The third-order valence-corrected chi connectivity index (χ3v) is 3.97. The zero-order chi connectivity index (χ0) is 13.8. The highest BCUT2D eigenvalue weighted by Gasteiger charge is 2.09. The Labute approximate surface area is 118 Å². The van der Waals surface area contributed by atoms with Crippen molar-refractivity contribution in [2.24, 2.45) is 0 Å². The molecule has 6 nitrogen and oxygen atoms in total. The molecule has 0 fully saturated rings. The number of H-pyrrole nitrogens is 1. The second-order valence-electron chi connectivity index (χ2n) is 4.26. The Balaban J connectivity index is 2.07. The summed E-state index contributed by atoms with van der Waals surface area (Å²) in [6.45, 7) is 2.92. The lowest BCUT2D eigenvalue weighted by Crippen LogP contribution is -2.08. The van der Waals surface area contributed by atoms with E-state index >= 15 is 0 Å². The molecular formula is C12H15BrN4O2. The van der Waals surface area contributed by atoms with Crippen molar-refractivity contribution in [1.82, 2.24) is 9.97 Å². The number of aromatic nitrogens is 2. The molecule has 0 aliphatic heterocycles. The number of nitro benzene ring substituents is 1. The lowest BCUT2D eigenvalue weighted by Gasteiger charge is -2.06. The number of benzene rings is 1. The molecule has 0 spiro atoms. The molecule has 1 unspecified atom stereocenters. The normalized spacial score (nSPS) is 12.5. The number of aromatic amines is 1. The van der Waals surface area contributed by atoms with E-state index in [0.717, 1.165) is 24.9 Å². The van der Waals surface area contributed by atoms with Gasteiger partial charge in [-0.15, -0.1) is 0 Å². The average Bonchev–Trinajstić information content (AvgIpc) is 2.79. The van der Waals surface area contributed by atoms with E-state index in [0.29, 0.717) is 16.3 Å². The van der Waals surface area contributed by atoms with E-state index in [-0.39, 0.29) is 5.69 Å². The Kier molecular flexibility index (Phi) is 4.36. The zero-order valence-electron chi connectivity index (χ0n) is 10.5. The van der Waals surface area contributed by atoms with E-state index in [1.807, 2.05) is 0 Å². The number of rotatable bonds is 6. The monoisotopic (exact) mass is 326 g/mol. The molecular weight excluding hydrogens is 312 g/mol. The van der Waals surface area contributed by atoms with Crippen LogP contribution in [0.4, 0.5) is 11.6 Å². The molecule has 0 saturated heterocycles. The average molecular weight is 327 g/mol. The molecule has 2 aromatic rings. The predicted molar refractivity (Wildman–Crippen MR) is 78.9 cm³/mol. The van der Waals surface area contributed by atoms with Gasteiger partial charge in [0.2, 0.25) is 5.95 Å². The number of imidazole rings is 1. The maximum Gasteiger partial charge on any atom is 0.271 e. The zero-order valence-corrected chi connectivity index (χ0v) is 12.1. The molecule has 102 valence electrons. The van der Waals surface area contributed by atoms with Gasteiger partial charge in [0.15, 0.2) is 0 Å². The third-order valence-electron chi connectivity index (χ3n) is 2.87. The third kappa shape index (κ3) is 3.44. The quantitative estimate of drug-likeness (QED) is 0.483.